The third-order valence-electron chi connectivity index (χ3n) is 3.77. The van der Waals surface area contributed by atoms with E-state index in [9.17, 15) is 14.0 Å². The molecule has 0 fully saturated rings. The minimum absolute atomic E-state index is 0.214. The molecule has 0 saturated carbocycles. The van der Waals surface area contributed by atoms with Gasteiger partial charge in [-0.05, 0) is 54.1 Å². The molecule has 136 valence electrons. The molecule has 2 aromatic carbocycles. The van der Waals surface area contributed by atoms with E-state index in [0.29, 0.717) is 11.3 Å². The zero-order valence-electron chi connectivity index (χ0n) is 14.5. The topological polar surface area (TPSA) is 58.2 Å². The molecule has 0 aliphatic carbocycles. The normalized spacial score (nSPS) is 10.7. The van der Waals surface area contributed by atoms with Gasteiger partial charge in [0.25, 0.3) is 5.91 Å². The molecule has 1 heterocycles. The minimum atomic E-state index is -0.291. The van der Waals surface area contributed by atoms with Gasteiger partial charge in [0.1, 0.15) is 5.82 Å². The molecule has 4 nitrogen and oxygen atoms in total. The van der Waals surface area contributed by atoms with Gasteiger partial charge in [0.05, 0.1) is 0 Å². The lowest BCUT2D eigenvalue weighted by Gasteiger charge is -2.04. The Balaban J connectivity index is 1.65. The highest BCUT2D eigenvalue weighted by Gasteiger charge is 2.05. The molecule has 2 N–H and O–H groups in total. The summed E-state index contributed by atoms with van der Waals surface area (Å²) in [7, 11) is 1.55. The molecule has 1 aromatic heterocycles. The van der Waals surface area contributed by atoms with E-state index in [1.807, 2.05) is 12.1 Å². The van der Waals surface area contributed by atoms with Crippen molar-refractivity contribution >= 4 is 34.9 Å². The van der Waals surface area contributed by atoms with Crippen LogP contribution in [-0.4, -0.2) is 18.9 Å². The fraction of sp³-hybridized carbons (Fsp3) is 0.0476. The first-order chi connectivity index (χ1) is 13.0. The van der Waals surface area contributed by atoms with Crippen LogP contribution < -0.4 is 10.6 Å². The lowest BCUT2D eigenvalue weighted by Crippen LogP contribution is -2.18. The summed E-state index contributed by atoms with van der Waals surface area (Å²) < 4.78 is 13.0. The molecular formula is C21H17FN2O2S. The fourth-order valence-electron chi connectivity index (χ4n) is 2.44. The van der Waals surface area contributed by atoms with E-state index in [1.54, 1.807) is 49.5 Å². The second-order valence-corrected chi connectivity index (χ2v) is 6.81. The predicted molar refractivity (Wildman–Crippen MR) is 107 cm³/mol. The number of nitrogens with one attached hydrogen (secondary N) is 2. The van der Waals surface area contributed by atoms with E-state index < -0.39 is 0 Å². The van der Waals surface area contributed by atoms with Gasteiger partial charge in [-0.15, -0.1) is 11.3 Å². The summed E-state index contributed by atoms with van der Waals surface area (Å²) in [5, 5.41) is 5.28. The minimum Gasteiger partial charge on any atom is -0.355 e. The monoisotopic (exact) mass is 380 g/mol. The van der Waals surface area contributed by atoms with Crippen molar-refractivity contribution in [1.82, 2.24) is 5.32 Å². The summed E-state index contributed by atoms with van der Waals surface area (Å²) in [5.74, 6) is -0.776. The van der Waals surface area contributed by atoms with Crippen molar-refractivity contribution in [3.63, 3.8) is 0 Å². The smallest absolute Gasteiger partial charge is 0.251 e. The van der Waals surface area contributed by atoms with Crippen LogP contribution in [0.4, 0.5) is 10.1 Å². The second kappa shape index (κ2) is 8.42. The lowest BCUT2D eigenvalue weighted by molar-refractivity contribution is -0.111. The maximum Gasteiger partial charge on any atom is 0.251 e. The quantitative estimate of drug-likeness (QED) is 0.637. The van der Waals surface area contributed by atoms with Crippen LogP contribution in [0, 0.1) is 5.82 Å². The van der Waals surface area contributed by atoms with Crippen molar-refractivity contribution < 1.29 is 14.0 Å². The lowest BCUT2D eigenvalue weighted by atomic mass is 10.2. The zero-order chi connectivity index (χ0) is 19.2. The molecule has 0 bridgehead atoms. The Hall–Kier alpha value is -3.25. The first-order valence-electron chi connectivity index (χ1n) is 8.22. The van der Waals surface area contributed by atoms with Crippen LogP contribution in [0.25, 0.3) is 16.5 Å². The number of hydrogen-bond donors (Lipinski definition) is 2. The highest BCUT2D eigenvalue weighted by Crippen LogP contribution is 2.28. The van der Waals surface area contributed by atoms with Crippen LogP contribution in [0.2, 0.25) is 0 Å². The zero-order valence-corrected chi connectivity index (χ0v) is 15.3. The molecule has 2 amide bonds. The summed E-state index contributed by atoms with van der Waals surface area (Å²) in [6.07, 6.45) is 3.16. The largest absolute Gasteiger partial charge is 0.355 e. The van der Waals surface area contributed by atoms with Gasteiger partial charge in [0.2, 0.25) is 5.91 Å². The van der Waals surface area contributed by atoms with Crippen LogP contribution in [0.15, 0.2) is 66.7 Å². The summed E-state index contributed by atoms with van der Waals surface area (Å²) >= 11 is 1.51. The molecule has 0 spiro atoms. The predicted octanol–water partition coefficient (Wildman–Crippen LogP) is 4.57. The van der Waals surface area contributed by atoms with E-state index in [0.717, 1.165) is 15.3 Å². The highest BCUT2D eigenvalue weighted by molar-refractivity contribution is 7.16. The average molecular weight is 380 g/mol. The summed E-state index contributed by atoms with van der Waals surface area (Å²) in [6, 6.07) is 16.8. The van der Waals surface area contributed by atoms with E-state index in [4.69, 9.17) is 0 Å². The standard InChI is InChI=1S/C21H17FN2O2S/c1-23-21(26)15-3-2-4-17(13-15)24-20(25)12-10-18-9-11-19(27-18)14-5-7-16(22)8-6-14/h2-13H,1H3,(H,23,26)(H,24,25)/b12-10+. The molecule has 3 aromatic rings. The van der Waals surface area contributed by atoms with Gasteiger partial charge in [-0.1, -0.05) is 18.2 Å². The molecule has 0 aliphatic rings. The fourth-order valence-corrected chi connectivity index (χ4v) is 3.35. The number of carbonyl (C=O) groups excluding carboxylic acids is 2. The van der Waals surface area contributed by atoms with Gasteiger partial charge >= 0.3 is 0 Å². The number of benzene rings is 2. The van der Waals surface area contributed by atoms with Gasteiger partial charge in [0.15, 0.2) is 0 Å². The van der Waals surface area contributed by atoms with Crippen molar-refractivity contribution in [3.8, 4) is 10.4 Å². The number of hydrogen-bond acceptors (Lipinski definition) is 3. The van der Waals surface area contributed by atoms with Gasteiger partial charge in [-0.2, -0.15) is 0 Å². The number of anilines is 1. The average Bonchev–Trinajstić information content (AvgIpc) is 3.15. The van der Waals surface area contributed by atoms with E-state index in [-0.39, 0.29) is 17.6 Å². The Labute approximate surface area is 160 Å². The first kappa shape index (κ1) is 18.5. The molecular weight excluding hydrogens is 363 g/mol. The maximum atomic E-state index is 13.0. The molecule has 0 saturated heterocycles. The van der Waals surface area contributed by atoms with Crippen LogP contribution in [0.1, 0.15) is 15.2 Å². The molecule has 0 aliphatic heterocycles. The summed E-state index contributed by atoms with van der Waals surface area (Å²) in [4.78, 5) is 25.7. The van der Waals surface area contributed by atoms with Gasteiger partial charge in [-0.3, -0.25) is 9.59 Å². The van der Waals surface area contributed by atoms with Crippen molar-refractivity contribution in [3.05, 3.63) is 83.0 Å². The Kier molecular flexibility index (Phi) is 5.78. The van der Waals surface area contributed by atoms with Crippen molar-refractivity contribution in [1.29, 1.82) is 0 Å². The number of amides is 2. The summed E-state index contributed by atoms with van der Waals surface area (Å²) in [5.41, 5.74) is 1.95. The number of rotatable bonds is 5. The Morgan fingerprint density at radius 1 is 1.04 bits per heavy atom. The maximum absolute atomic E-state index is 13.0. The van der Waals surface area contributed by atoms with Gasteiger partial charge in [0, 0.05) is 34.1 Å². The van der Waals surface area contributed by atoms with Crippen LogP contribution in [0.3, 0.4) is 0 Å². The molecule has 27 heavy (non-hydrogen) atoms. The Morgan fingerprint density at radius 2 is 1.81 bits per heavy atom. The van der Waals surface area contributed by atoms with Crippen LogP contribution in [0.5, 0.6) is 0 Å². The molecule has 3 rings (SSSR count). The van der Waals surface area contributed by atoms with E-state index in [1.165, 1.54) is 29.5 Å². The molecule has 0 radical (unpaired) electrons. The number of carbonyl (C=O) groups is 2. The van der Waals surface area contributed by atoms with Crippen LogP contribution in [-0.2, 0) is 4.79 Å². The number of thiophene rings is 1. The van der Waals surface area contributed by atoms with Crippen molar-refractivity contribution in [2.75, 3.05) is 12.4 Å². The third kappa shape index (κ3) is 4.89. The van der Waals surface area contributed by atoms with E-state index in [2.05, 4.69) is 10.6 Å². The Bertz CT molecular complexity index is 993. The highest BCUT2D eigenvalue weighted by atomic mass is 32.1. The molecule has 6 heteroatoms. The third-order valence-corrected chi connectivity index (χ3v) is 4.87. The van der Waals surface area contributed by atoms with Crippen LogP contribution >= 0.6 is 11.3 Å². The second-order valence-electron chi connectivity index (χ2n) is 5.69. The van der Waals surface area contributed by atoms with Gasteiger partial charge in [-0.25, -0.2) is 4.39 Å². The van der Waals surface area contributed by atoms with Crippen molar-refractivity contribution in [2.45, 2.75) is 0 Å². The SMILES string of the molecule is CNC(=O)c1cccc(NC(=O)/C=C/c2ccc(-c3ccc(F)cc3)s2)c1. The molecule has 0 unspecified atom stereocenters. The first-order valence-corrected chi connectivity index (χ1v) is 9.04. The van der Waals surface area contributed by atoms with Gasteiger partial charge < -0.3 is 10.6 Å². The number of halogens is 1. The van der Waals surface area contributed by atoms with Crippen molar-refractivity contribution in [2.24, 2.45) is 0 Å². The summed E-state index contributed by atoms with van der Waals surface area (Å²) in [6.45, 7) is 0. The molecule has 0 atom stereocenters. The van der Waals surface area contributed by atoms with E-state index >= 15 is 0 Å². The Morgan fingerprint density at radius 3 is 2.56 bits per heavy atom.